The molecule has 0 bridgehead atoms. The molecule has 0 saturated heterocycles. The molecule has 0 aliphatic rings. The maximum atomic E-state index is 4.47. The molecule has 0 fully saturated rings. The minimum Gasteiger partial charge on any atom is -0.328 e. The SMILES string of the molecule is Cn1cc(-c2cnc3c(Nc4cncs4)nccn23)cn1. The highest BCUT2D eigenvalue weighted by molar-refractivity contribution is 7.13. The van der Waals surface area contributed by atoms with E-state index in [1.54, 1.807) is 22.6 Å². The number of nitrogens with zero attached hydrogens (tertiary/aromatic N) is 6. The molecule has 8 heteroatoms. The molecule has 0 atom stereocenters. The van der Waals surface area contributed by atoms with Gasteiger partial charge in [0.1, 0.15) is 5.00 Å². The van der Waals surface area contributed by atoms with Gasteiger partial charge in [-0.25, -0.2) is 9.97 Å². The van der Waals surface area contributed by atoms with Gasteiger partial charge in [-0.15, -0.1) is 11.3 Å². The van der Waals surface area contributed by atoms with Gasteiger partial charge in [0.15, 0.2) is 11.5 Å². The molecular formula is C13H11N7S. The minimum atomic E-state index is 0.705. The van der Waals surface area contributed by atoms with E-state index in [4.69, 9.17) is 0 Å². The van der Waals surface area contributed by atoms with Crippen molar-refractivity contribution in [1.29, 1.82) is 0 Å². The van der Waals surface area contributed by atoms with Crippen LogP contribution < -0.4 is 5.32 Å². The van der Waals surface area contributed by atoms with Crippen molar-refractivity contribution in [3.05, 3.63) is 42.7 Å². The Morgan fingerprint density at radius 1 is 1.19 bits per heavy atom. The lowest BCUT2D eigenvalue weighted by Gasteiger charge is -2.04. The van der Waals surface area contributed by atoms with Gasteiger partial charge in [0.25, 0.3) is 0 Å². The van der Waals surface area contributed by atoms with Crippen molar-refractivity contribution in [2.75, 3.05) is 5.32 Å². The first-order valence-electron chi connectivity index (χ1n) is 6.28. The third-order valence-corrected chi connectivity index (χ3v) is 3.79. The number of thiazole rings is 1. The van der Waals surface area contributed by atoms with Gasteiger partial charge in [-0.1, -0.05) is 0 Å². The summed E-state index contributed by atoms with van der Waals surface area (Å²) in [6, 6.07) is 0. The molecule has 1 N–H and O–H groups in total. The molecule has 21 heavy (non-hydrogen) atoms. The van der Waals surface area contributed by atoms with Crippen LogP contribution in [0.4, 0.5) is 10.8 Å². The summed E-state index contributed by atoms with van der Waals surface area (Å²) < 4.78 is 3.76. The van der Waals surface area contributed by atoms with Gasteiger partial charge in [0.05, 0.1) is 29.8 Å². The Morgan fingerprint density at radius 3 is 2.90 bits per heavy atom. The van der Waals surface area contributed by atoms with E-state index in [0.717, 1.165) is 21.9 Å². The zero-order valence-corrected chi connectivity index (χ0v) is 11.9. The van der Waals surface area contributed by atoms with Crippen molar-refractivity contribution >= 4 is 27.8 Å². The molecule has 0 unspecified atom stereocenters. The first-order valence-corrected chi connectivity index (χ1v) is 7.16. The van der Waals surface area contributed by atoms with E-state index in [1.807, 2.05) is 36.2 Å². The van der Waals surface area contributed by atoms with Gasteiger partial charge in [0, 0.05) is 31.2 Å². The number of rotatable bonds is 3. The molecule has 0 aromatic carbocycles. The van der Waals surface area contributed by atoms with E-state index in [9.17, 15) is 0 Å². The highest BCUT2D eigenvalue weighted by Crippen LogP contribution is 2.25. The van der Waals surface area contributed by atoms with Crippen LogP contribution in [0.25, 0.3) is 16.9 Å². The van der Waals surface area contributed by atoms with Gasteiger partial charge >= 0.3 is 0 Å². The number of aromatic nitrogens is 6. The monoisotopic (exact) mass is 297 g/mol. The molecule has 7 nitrogen and oxygen atoms in total. The first-order chi connectivity index (χ1) is 10.3. The quantitative estimate of drug-likeness (QED) is 0.628. The van der Waals surface area contributed by atoms with Crippen molar-refractivity contribution in [3.63, 3.8) is 0 Å². The zero-order chi connectivity index (χ0) is 14.2. The van der Waals surface area contributed by atoms with Crippen molar-refractivity contribution in [2.45, 2.75) is 0 Å². The molecule has 4 aromatic heterocycles. The Balaban J connectivity index is 1.82. The highest BCUT2D eigenvalue weighted by atomic mass is 32.1. The second-order valence-electron chi connectivity index (χ2n) is 4.51. The lowest BCUT2D eigenvalue weighted by molar-refractivity contribution is 0.768. The fraction of sp³-hybridized carbons (Fsp3) is 0.0769. The lowest BCUT2D eigenvalue weighted by atomic mass is 10.3. The highest BCUT2D eigenvalue weighted by Gasteiger charge is 2.11. The van der Waals surface area contributed by atoms with E-state index in [2.05, 4.69) is 25.4 Å². The molecule has 0 spiro atoms. The molecule has 4 heterocycles. The zero-order valence-electron chi connectivity index (χ0n) is 11.1. The number of nitrogens with one attached hydrogen (secondary N) is 1. The Hall–Kier alpha value is -2.74. The summed E-state index contributed by atoms with van der Waals surface area (Å²) in [4.78, 5) is 12.9. The number of hydrogen-bond donors (Lipinski definition) is 1. The molecule has 4 rings (SSSR count). The van der Waals surface area contributed by atoms with Crippen molar-refractivity contribution in [3.8, 4) is 11.3 Å². The van der Waals surface area contributed by atoms with Crippen LogP contribution in [-0.4, -0.2) is 29.1 Å². The maximum Gasteiger partial charge on any atom is 0.180 e. The van der Waals surface area contributed by atoms with E-state index < -0.39 is 0 Å². The maximum absolute atomic E-state index is 4.47. The largest absolute Gasteiger partial charge is 0.328 e. The molecule has 0 saturated carbocycles. The average molecular weight is 297 g/mol. The predicted molar refractivity (Wildman–Crippen MR) is 80.6 cm³/mol. The van der Waals surface area contributed by atoms with Crippen LogP contribution in [0.2, 0.25) is 0 Å². The third kappa shape index (κ3) is 2.05. The number of imidazole rings is 1. The van der Waals surface area contributed by atoms with E-state index in [0.29, 0.717) is 5.82 Å². The van der Waals surface area contributed by atoms with Crippen molar-refractivity contribution in [1.82, 2.24) is 29.1 Å². The van der Waals surface area contributed by atoms with E-state index in [1.165, 1.54) is 11.3 Å². The summed E-state index contributed by atoms with van der Waals surface area (Å²) in [5.74, 6) is 0.705. The Kier molecular flexibility index (Phi) is 2.68. The number of aryl methyl sites for hydroxylation is 1. The van der Waals surface area contributed by atoms with Gasteiger partial charge < -0.3 is 5.32 Å². The van der Waals surface area contributed by atoms with Crippen LogP contribution in [-0.2, 0) is 7.05 Å². The van der Waals surface area contributed by atoms with Crippen LogP contribution in [0.5, 0.6) is 0 Å². The molecule has 0 radical (unpaired) electrons. The second kappa shape index (κ2) is 4.67. The number of hydrogen-bond acceptors (Lipinski definition) is 6. The van der Waals surface area contributed by atoms with Crippen LogP contribution in [0.15, 0.2) is 42.7 Å². The Bertz CT molecular complexity index is 890. The summed E-state index contributed by atoms with van der Waals surface area (Å²) in [5.41, 5.74) is 4.53. The minimum absolute atomic E-state index is 0.705. The predicted octanol–water partition coefficient (Wildman–Crippen LogP) is 2.33. The molecule has 104 valence electrons. The Labute approximate surface area is 123 Å². The molecule has 0 amide bonds. The summed E-state index contributed by atoms with van der Waals surface area (Å²) in [6.07, 6.45) is 11.0. The van der Waals surface area contributed by atoms with Gasteiger partial charge in [0.2, 0.25) is 0 Å². The van der Waals surface area contributed by atoms with E-state index >= 15 is 0 Å². The third-order valence-electron chi connectivity index (χ3n) is 3.10. The van der Waals surface area contributed by atoms with E-state index in [-0.39, 0.29) is 0 Å². The molecule has 4 aromatic rings. The number of fused-ring (bicyclic) bond motifs is 1. The lowest BCUT2D eigenvalue weighted by Crippen LogP contribution is -1.97. The summed E-state index contributed by atoms with van der Waals surface area (Å²) in [5, 5.41) is 8.37. The fourth-order valence-electron chi connectivity index (χ4n) is 2.17. The molecule has 0 aliphatic carbocycles. The normalized spacial score (nSPS) is 11.1. The average Bonchev–Trinajstić information content (AvgIpc) is 3.18. The van der Waals surface area contributed by atoms with Gasteiger partial charge in [-0.3, -0.25) is 14.1 Å². The van der Waals surface area contributed by atoms with Crippen LogP contribution >= 0.6 is 11.3 Å². The van der Waals surface area contributed by atoms with Crippen LogP contribution in [0.3, 0.4) is 0 Å². The Morgan fingerprint density at radius 2 is 2.14 bits per heavy atom. The topological polar surface area (TPSA) is 72.9 Å². The van der Waals surface area contributed by atoms with Gasteiger partial charge in [-0.2, -0.15) is 5.10 Å². The van der Waals surface area contributed by atoms with Crippen molar-refractivity contribution in [2.24, 2.45) is 7.05 Å². The first kappa shape index (κ1) is 12.0. The van der Waals surface area contributed by atoms with Crippen molar-refractivity contribution < 1.29 is 0 Å². The summed E-state index contributed by atoms with van der Waals surface area (Å²) >= 11 is 1.52. The van der Waals surface area contributed by atoms with Crippen LogP contribution in [0.1, 0.15) is 0 Å². The molecular weight excluding hydrogens is 286 g/mol. The summed E-state index contributed by atoms with van der Waals surface area (Å²) in [7, 11) is 1.89. The standard InChI is InChI=1S/C13H11N7S/c1-19-7-9(4-17-19)10-5-16-13-12(15-2-3-20(10)13)18-11-6-14-8-21-11/h2-8H,1H3,(H,15,18). The summed E-state index contributed by atoms with van der Waals surface area (Å²) in [6.45, 7) is 0. The number of anilines is 2. The second-order valence-corrected chi connectivity index (χ2v) is 5.39. The van der Waals surface area contributed by atoms with Gasteiger partial charge in [-0.05, 0) is 0 Å². The fourth-order valence-corrected chi connectivity index (χ4v) is 2.68. The van der Waals surface area contributed by atoms with Crippen LogP contribution in [0, 0.1) is 0 Å². The molecule has 0 aliphatic heterocycles. The smallest absolute Gasteiger partial charge is 0.180 e.